The summed E-state index contributed by atoms with van der Waals surface area (Å²) >= 11 is 0. The third kappa shape index (κ3) is 4.62. The number of carbonyl (C=O) groups is 1. The topological polar surface area (TPSA) is 83.5 Å². The highest BCUT2D eigenvalue weighted by Crippen LogP contribution is 2.40. The van der Waals surface area contributed by atoms with E-state index < -0.39 is 5.92 Å². The molecule has 1 saturated carbocycles. The SMILES string of the molecule is CCc1cc2[nH]c(=O)c3cnn(C4CCC(F)(F)CC4)c3c2cc1C(=O)N1CCN(C2CCOCC2)CC1. The van der Waals surface area contributed by atoms with Gasteiger partial charge in [-0.3, -0.25) is 19.2 Å². The van der Waals surface area contributed by atoms with Gasteiger partial charge >= 0.3 is 0 Å². The van der Waals surface area contributed by atoms with Gasteiger partial charge in [0.15, 0.2) is 0 Å². The van der Waals surface area contributed by atoms with Crippen molar-refractivity contribution in [3.63, 3.8) is 0 Å². The maximum atomic E-state index is 13.8. The Morgan fingerprint density at radius 3 is 2.45 bits per heavy atom. The number of aromatic amines is 1. The number of fused-ring (bicyclic) bond motifs is 3. The van der Waals surface area contributed by atoms with E-state index in [4.69, 9.17) is 4.74 Å². The van der Waals surface area contributed by atoms with Gasteiger partial charge in [-0.2, -0.15) is 5.10 Å². The Morgan fingerprint density at radius 1 is 1.05 bits per heavy atom. The number of nitrogens with one attached hydrogen (secondary N) is 1. The zero-order valence-corrected chi connectivity index (χ0v) is 21.8. The molecule has 1 aromatic carbocycles. The van der Waals surface area contributed by atoms with Crippen LogP contribution in [-0.4, -0.2) is 81.8 Å². The molecular weight excluding hydrogens is 492 g/mol. The van der Waals surface area contributed by atoms with Gasteiger partial charge in [0.2, 0.25) is 5.92 Å². The minimum Gasteiger partial charge on any atom is -0.381 e. The number of pyridine rings is 1. The van der Waals surface area contributed by atoms with Crippen LogP contribution in [0, 0.1) is 0 Å². The molecule has 3 aliphatic rings. The molecule has 6 rings (SSSR count). The first-order valence-electron chi connectivity index (χ1n) is 13.9. The monoisotopic (exact) mass is 527 g/mol. The normalized spacial score (nSPS) is 21.9. The molecule has 0 unspecified atom stereocenters. The highest BCUT2D eigenvalue weighted by atomic mass is 19.3. The van der Waals surface area contributed by atoms with Crippen molar-refractivity contribution < 1.29 is 18.3 Å². The van der Waals surface area contributed by atoms with E-state index in [0.29, 0.717) is 60.4 Å². The predicted octanol–water partition coefficient (Wildman–Crippen LogP) is 4.13. The zero-order valence-electron chi connectivity index (χ0n) is 21.8. The van der Waals surface area contributed by atoms with Crippen LogP contribution in [0.1, 0.15) is 67.4 Å². The number of nitrogens with zero attached hydrogens (tertiary/aromatic N) is 4. The summed E-state index contributed by atoms with van der Waals surface area (Å²) < 4.78 is 34.9. The molecule has 0 bridgehead atoms. The van der Waals surface area contributed by atoms with Crippen LogP contribution in [0.4, 0.5) is 8.78 Å². The summed E-state index contributed by atoms with van der Waals surface area (Å²) in [7, 11) is 0. The Hall–Kier alpha value is -2.85. The standard InChI is InChI=1S/C28H35F2N5O3/c1-2-18-15-24-22(16-21(18)27(37)34-11-9-33(10-12-34)19-5-13-38-14-6-19)25-23(26(36)32-24)17-31-35(25)20-3-7-28(29,30)8-4-20/h15-17,19-20H,2-14H2,1H3,(H,32,36). The number of aryl methyl sites for hydroxylation is 1. The van der Waals surface area contributed by atoms with Gasteiger partial charge < -0.3 is 14.6 Å². The van der Waals surface area contributed by atoms with Crippen LogP contribution in [0.2, 0.25) is 0 Å². The first-order valence-corrected chi connectivity index (χ1v) is 13.9. The van der Waals surface area contributed by atoms with Gasteiger partial charge in [-0.25, -0.2) is 8.78 Å². The Kier molecular flexibility index (Phi) is 6.72. The molecule has 0 spiro atoms. The van der Waals surface area contributed by atoms with E-state index in [9.17, 15) is 18.4 Å². The van der Waals surface area contributed by atoms with Crippen LogP contribution in [-0.2, 0) is 11.2 Å². The molecule has 2 aliphatic heterocycles. The molecular formula is C28H35F2N5O3. The molecule has 2 saturated heterocycles. The first-order chi connectivity index (χ1) is 18.3. The third-order valence-corrected chi connectivity index (χ3v) is 8.74. The van der Waals surface area contributed by atoms with E-state index in [1.54, 1.807) is 4.68 Å². The van der Waals surface area contributed by atoms with Crippen LogP contribution >= 0.6 is 0 Å². The fraction of sp³-hybridized carbons (Fsp3) is 0.607. The molecule has 8 nitrogen and oxygen atoms in total. The van der Waals surface area contributed by atoms with Gasteiger partial charge in [0.05, 0.1) is 28.7 Å². The molecule has 4 heterocycles. The van der Waals surface area contributed by atoms with Crippen molar-refractivity contribution in [2.45, 2.75) is 69.9 Å². The molecule has 3 aromatic rings. The van der Waals surface area contributed by atoms with E-state index in [2.05, 4.69) is 15.0 Å². The quantitative estimate of drug-likeness (QED) is 0.552. The number of H-pyrrole nitrogens is 1. The Morgan fingerprint density at radius 2 is 1.76 bits per heavy atom. The summed E-state index contributed by atoms with van der Waals surface area (Å²) in [5.41, 5.74) is 2.52. The molecule has 0 radical (unpaired) electrons. The van der Waals surface area contributed by atoms with E-state index in [1.807, 2.05) is 24.0 Å². The smallest absolute Gasteiger partial charge is 0.259 e. The number of benzene rings is 1. The van der Waals surface area contributed by atoms with Crippen molar-refractivity contribution in [1.29, 1.82) is 0 Å². The van der Waals surface area contributed by atoms with E-state index in [1.165, 1.54) is 6.20 Å². The lowest BCUT2D eigenvalue weighted by molar-refractivity contribution is -0.0445. The summed E-state index contributed by atoms with van der Waals surface area (Å²) in [5, 5.41) is 5.63. The average Bonchev–Trinajstić information content (AvgIpc) is 3.39. The fourth-order valence-electron chi connectivity index (χ4n) is 6.48. The first kappa shape index (κ1) is 25.4. The number of amides is 1. The summed E-state index contributed by atoms with van der Waals surface area (Å²) in [4.78, 5) is 34.1. The van der Waals surface area contributed by atoms with Gasteiger partial charge in [0.1, 0.15) is 0 Å². The Bertz CT molecular complexity index is 1390. The molecule has 10 heteroatoms. The predicted molar refractivity (Wildman–Crippen MR) is 141 cm³/mol. The van der Waals surface area contributed by atoms with Crippen LogP contribution < -0.4 is 5.56 Å². The number of hydrogen-bond acceptors (Lipinski definition) is 5. The number of rotatable bonds is 4. The van der Waals surface area contributed by atoms with Crippen molar-refractivity contribution in [1.82, 2.24) is 24.6 Å². The van der Waals surface area contributed by atoms with E-state index in [0.717, 1.165) is 50.1 Å². The highest BCUT2D eigenvalue weighted by molar-refractivity contribution is 6.07. The van der Waals surface area contributed by atoms with Crippen molar-refractivity contribution in [2.24, 2.45) is 0 Å². The maximum Gasteiger partial charge on any atom is 0.259 e. The molecule has 1 aliphatic carbocycles. The summed E-state index contributed by atoms with van der Waals surface area (Å²) in [6.45, 7) is 6.65. The number of carbonyl (C=O) groups excluding carboxylic acids is 1. The van der Waals surface area contributed by atoms with Crippen LogP contribution in [0.3, 0.4) is 0 Å². The number of ether oxygens (including phenoxy) is 1. The molecule has 0 atom stereocenters. The van der Waals surface area contributed by atoms with E-state index in [-0.39, 0.29) is 30.3 Å². The van der Waals surface area contributed by atoms with Crippen molar-refractivity contribution in [3.05, 3.63) is 39.8 Å². The number of piperazine rings is 1. The molecule has 204 valence electrons. The highest BCUT2D eigenvalue weighted by Gasteiger charge is 2.36. The van der Waals surface area contributed by atoms with Crippen LogP contribution in [0.15, 0.2) is 23.1 Å². The molecule has 3 fully saturated rings. The van der Waals surface area contributed by atoms with E-state index >= 15 is 0 Å². The minimum absolute atomic E-state index is 0.00176. The lowest BCUT2D eigenvalue weighted by Crippen LogP contribution is -2.53. The van der Waals surface area contributed by atoms with Crippen molar-refractivity contribution in [2.75, 3.05) is 39.4 Å². The second-order valence-corrected chi connectivity index (χ2v) is 11.0. The number of hydrogen-bond donors (Lipinski definition) is 1. The van der Waals surface area contributed by atoms with Gasteiger partial charge in [0, 0.05) is 69.2 Å². The van der Waals surface area contributed by atoms with Gasteiger partial charge in [-0.15, -0.1) is 0 Å². The zero-order chi connectivity index (χ0) is 26.4. The third-order valence-electron chi connectivity index (χ3n) is 8.74. The lowest BCUT2D eigenvalue weighted by atomic mass is 9.92. The largest absolute Gasteiger partial charge is 0.381 e. The Balaban J connectivity index is 1.33. The molecule has 1 amide bonds. The lowest BCUT2D eigenvalue weighted by Gasteiger charge is -2.40. The van der Waals surface area contributed by atoms with Gasteiger partial charge in [0.25, 0.3) is 11.5 Å². The maximum absolute atomic E-state index is 13.8. The van der Waals surface area contributed by atoms with Crippen LogP contribution in [0.25, 0.3) is 21.8 Å². The number of halogens is 2. The summed E-state index contributed by atoms with van der Waals surface area (Å²) in [5.74, 6) is -2.65. The summed E-state index contributed by atoms with van der Waals surface area (Å²) in [6.07, 6.45) is 4.47. The second kappa shape index (κ2) is 10.0. The van der Waals surface area contributed by atoms with Gasteiger partial charge in [-0.05, 0) is 49.8 Å². The molecule has 38 heavy (non-hydrogen) atoms. The number of aromatic nitrogens is 3. The minimum atomic E-state index is -2.65. The average molecular weight is 528 g/mol. The number of alkyl halides is 2. The second-order valence-electron chi connectivity index (χ2n) is 11.0. The fourth-order valence-corrected chi connectivity index (χ4v) is 6.48. The van der Waals surface area contributed by atoms with Crippen molar-refractivity contribution >= 4 is 27.7 Å². The Labute approximate surface area is 219 Å². The van der Waals surface area contributed by atoms with Crippen LogP contribution in [0.5, 0.6) is 0 Å². The molecule has 2 aromatic heterocycles. The van der Waals surface area contributed by atoms with Crippen molar-refractivity contribution in [3.8, 4) is 0 Å². The molecule has 1 N–H and O–H groups in total. The van der Waals surface area contributed by atoms with Gasteiger partial charge in [-0.1, -0.05) is 6.92 Å². The summed E-state index contributed by atoms with van der Waals surface area (Å²) in [6, 6.07) is 4.10.